The van der Waals surface area contributed by atoms with Gasteiger partial charge in [-0.25, -0.2) is 9.97 Å². The zero-order chi connectivity index (χ0) is 16.2. The minimum atomic E-state index is 0.561. The lowest BCUT2D eigenvalue weighted by Crippen LogP contribution is -2.08. The number of anilines is 2. The molecule has 0 atom stereocenters. The number of hydrogen-bond donors (Lipinski definition) is 2. The summed E-state index contributed by atoms with van der Waals surface area (Å²) >= 11 is 0. The molecule has 1 heterocycles. The topological polar surface area (TPSA) is 49.8 Å². The lowest BCUT2D eigenvalue weighted by atomic mass is 10.2. The average Bonchev–Trinajstić information content (AvgIpc) is 3.45. The van der Waals surface area contributed by atoms with Crippen molar-refractivity contribution in [3.63, 3.8) is 0 Å². The Balaban J connectivity index is 1.59. The summed E-state index contributed by atoms with van der Waals surface area (Å²) in [6.45, 7) is 0.745. The van der Waals surface area contributed by atoms with E-state index in [0.29, 0.717) is 6.04 Å². The van der Waals surface area contributed by atoms with Gasteiger partial charge in [-0.2, -0.15) is 0 Å². The van der Waals surface area contributed by atoms with Gasteiger partial charge < -0.3 is 10.6 Å². The summed E-state index contributed by atoms with van der Waals surface area (Å²) in [4.78, 5) is 9.36. The highest BCUT2D eigenvalue weighted by Gasteiger charge is 2.22. The molecule has 0 amide bonds. The predicted octanol–water partition coefficient (Wildman–Crippen LogP) is 4.33. The van der Waals surface area contributed by atoms with Crippen LogP contribution in [0.25, 0.3) is 11.4 Å². The molecule has 1 saturated carbocycles. The predicted molar refractivity (Wildman–Crippen MR) is 97.9 cm³/mol. The molecule has 0 aliphatic heterocycles. The molecule has 3 aromatic rings. The van der Waals surface area contributed by atoms with Gasteiger partial charge in [-0.3, -0.25) is 0 Å². The molecule has 4 nitrogen and oxygen atoms in total. The van der Waals surface area contributed by atoms with E-state index in [2.05, 4.69) is 32.7 Å². The SMILES string of the molecule is c1ccc(CNc2cc(NC3CC3)nc(-c3ccccc3)n2)cc1. The van der Waals surface area contributed by atoms with Gasteiger partial charge in [0.25, 0.3) is 0 Å². The van der Waals surface area contributed by atoms with Crippen LogP contribution >= 0.6 is 0 Å². The molecule has 1 aliphatic carbocycles. The molecule has 2 N–H and O–H groups in total. The van der Waals surface area contributed by atoms with Gasteiger partial charge in [0.15, 0.2) is 5.82 Å². The third-order valence-electron chi connectivity index (χ3n) is 4.00. The number of nitrogens with one attached hydrogen (secondary N) is 2. The molecule has 0 unspecified atom stereocenters. The minimum absolute atomic E-state index is 0.561. The van der Waals surface area contributed by atoms with Crippen LogP contribution in [0.2, 0.25) is 0 Å². The van der Waals surface area contributed by atoms with E-state index in [4.69, 9.17) is 0 Å². The molecule has 2 aromatic carbocycles. The molecule has 1 fully saturated rings. The molecule has 0 saturated heterocycles. The highest BCUT2D eigenvalue weighted by Crippen LogP contribution is 2.26. The van der Waals surface area contributed by atoms with Crippen molar-refractivity contribution in [2.45, 2.75) is 25.4 Å². The summed E-state index contributed by atoms with van der Waals surface area (Å²) in [5, 5.41) is 6.89. The van der Waals surface area contributed by atoms with E-state index in [1.54, 1.807) is 0 Å². The van der Waals surface area contributed by atoms with E-state index < -0.39 is 0 Å². The lowest BCUT2D eigenvalue weighted by Gasteiger charge is -2.11. The normalized spacial score (nSPS) is 13.5. The standard InChI is InChI=1S/C20H20N4/c1-3-7-15(8-4-1)14-21-18-13-19(22-17-11-12-17)24-20(23-18)16-9-5-2-6-10-16/h1-10,13,17H,11-12,14H2,(H2,21,22,23,24). The van der Waals surface area contributed by atoms with Crippen LogP contribution in [0.5, 0.6) is 0 Å². The molecular formula is C20H20N4. The summed E-state index contributed by atoms with van der Waals surface area (Å²) in [6, 6.07) is 23.0. The summed E-state index contributed by atoms with van der Waals surface area (Å²) in [5.74, 6) is 2.48. The number of nitrogens with zero attached hydrogens (tertiary/aromatic N) is 2. The smallest absolute Gasteiger partial charge is 0.163 e. The first-order valence-corrected chi connectivity index (χ1v) is 8.36. The Kier molecular flexibility index (Phi) is 4.11. The maximum atomic E-state index is 4.68. The summed E-state index contributed by atoms with van der Waals surface area (Å²) in [5.41, 5.74) is 2.26. The molecule has 1 aromatic heterocycles. The Morgan fingerprint density at radius 3 is 2.21 bits per heavy atom. The van der Waals surface area contributed by atoms with Crippen molar-refractivity contribution in [1.82, 2.24) is 9.97 Å². The number of rotatable bonds is 6. The lowest BCUT2D eigenvalue weighted by molar-refractivity contribution is 1.06. The molecule has 0 spiro atoms. The van der Waals surface area contributed by atoms with Crippen LogP contribution in [0.15, 0.2) is 66.7 Å². The molecule has 4 rings (SSSR count). The zero-order valence-corrected chi connectivity index (χ0v) is 13.4. The second-order valence-electron chi connectivity index (χ2n) is 6.09. The van der Waals surface area contributed by atoms with E-state index in [9.17, 15) is 0 Å². The Bertz CT molecular complexity index is 798. The molecule has 120 valence electrons. The van der Waals surface area contributed by atoms with Crippen molar-refractivity contribution in [2.75, 3.05) is 10.6 Å². The van der Waals surface area contributed by atoms with Gasteiger partial charge in [0, 0.05) is 24.2 Å². The Morgan fingerprint density at radius 1 is 0.833 bits per heavy atom. The van der Waals surface area contributed by atoms with Gasteiger partial charge in [0.05, 0.1) is 0 Å². The van der Waals surface area contributed by atoms with E-state index in [1.165, 1.54) is 18.4 Å². The van der Waals surface area contributed by atoms with Crippen LogP contribution in [0.4, 0.5) is 11.6 Å². The van der Waals surface area contributed by atoms with Crippen LogP contribution in [-0.4, -0.2) is 16.0 Å². The van der Waals surface area contributed by atoms with Gasteiger partial charge in [-0.15, -0.1) is 0 Å². The number of benzene rings is 2. The third kappa shape index (κ3) is 3.71. The largest absolute Gasteiger partial charge is 0.367 e. The van der Waals surface area contributed by atoms with Crippen molar-refractivity contribution in [2.24, 2.45) is 0 Å². The van der Waals surface area contributed by atoms with Gasteiger partial charge in [-0.1, -0.05) is 60.7 Å². The molecular weight excluding hydrogens is 296 g/mol. The first-order chi connectivity index (χ1) is 11.9. The van der Waals surface area contributed by atoms with E-state index in [0.717, 1.165) is 29.6 Å². The Morgan fingerprint density at radius 2 is 1.50 bits per heavy atom. The number of aromatic nitrogens is 2. The fourth-order valence-electron chi connectivity index (χ4n) is 2.55. The fourth-order valence-corrected chi connectivity index (χ4v) is 2.55. The second-order valence-corrected chi connectivity index (χ2v) is 6.09. The first kappa shape index (κ1) is 14.7. The van der Waals surface area contributed by atoms with Crippen LogP contribution < -0.4 is 10.6 Å². The first-order valence-electron chi connectivity index (χ1n) is 8.36. The van der Waals surface area contributed by atoms with Crippen LogP contribution in [0.1, 0.15) is 18.4 Å². The molecule has 0 bridgehead atoms. The Hall–Kier alpha value is -2.88. The summed E-state index contributed by atoms with van der Waals surface area (Å²) in [6.07, 6.45) is 2.44. The maximum absolute atomic E-state index is 4.68. The van der Waals surface area contributed by atoms with Crippen molar-refractivity contribution in [3.05, 3.63) is 72.3 Å². The van der Waals surface area contributed by atoms with Crippen LogP contribution in [0.3, 0.4) is 0 Å². The molecule has 4 heteroatoms. The summed E-state index contributed by atoms with van der Waals surface area (Å²) < 4.78 is 0. The molecule has 24 heavy (non-hydrogen) atoms. The van der Waals surface area contributed by atoms with Gasteiger partial charge in [-0.05, 0) is 18.4 Å². The molecule has 0 radical (unpaired) electrons. The van der Waals surface area contributed by atoms with E-state index in [-0.39, 0.29) is 0 Å². The van der Waals surface area contributed by atoms with Crippen molar-refractivity contribution < 1.29 is 0 Å². The van der Waals surface area contributed by atoms with Gasteiger partial charge in [0.1, 0.15) is 11.6 Å². The van der Waals surface area contributed by atoms with E-state index >= 15 is 0 Å². The fraction of sp³-hybridized carbons (Fsp3) is 0.200. The second kappa shape index (κ2) is 6.71. The monoisotopic (exact) mass is 316 g/mol. The minimum Gasteiger partial charge on any atom is -0.367 e. The molecule has 1 aliphatic rings. The van der Waals surface area contributed by atoms with Crippen molar-refractivity contribution in [1.29, 1.82) is 0 Å². The van der Waals surface area contributed by atoms with Gasteiger partial charge in [0.2, 0.25) is 0 Å². The van der Waals surface area contributed by atoms with E-state index in [1.807, 2.05) is 54.6 Å². The average molecular weight is 316 g/mol. The maximum Gasteiger partial charge on any atom is 0.163 e. The highest BCUT2D eigenvalue weighted by molar-refractivity contribution is 5.61. The third-order valence-corrected chi connectivity index (χ3v) is 4.00. The summed E-state index contributed by atoms with van der Waals surface area (Å²) in [7, 11) is 0. The highest BCUT2D eigenvalue weighted by atomic mass is 15.1. The Labute approximate surface area is 142 Å². The number of hydrogen-bond acceptors (Lipinski definition) is 4. The van der Waals surface area contributed by atoms with Gasteiger partial charge >= 0.3 is 0 Å². The van der Waals surface area contributed by atoms with Crippen LogP contribution in [0, 0.1) is 0 Å². The van der Waals surface area contributed by atoms with Crippen molar-refractivity contribution in [3.8, 4) is 11.4 Å². The quantitative estimate of drug-likeness (QED) is 0.710. The van der Waals surface area contributed by atoms with Crippen LogP contribution in [-0.2, 0) is 6.54 Å². The zero-order valence-electron chi connectivity index (χ0n) is 13.4. The van der Waals surface area contributed by atoms with Crippen molar-refractivity contribution >= 4 is 11.6 Å².